The molecule has 9 heavy (non-hydrogen) atoms. The highest BCUT2D eigenvalue weighted by Gasteiger charge is 2.20. The highest BCUT2D eigenvalue weighted by atomic mass is 32.2. The van der Waals surface area contributed by atoms with Crippen molar-refractivity contribution in [2.45, 2.75) is 6.92 Å². The summed E-state index contributed by atoms with van der Waals surface area (Å²) in [5.74, 6) is -0.0764. The summed E-state index contributed by atoms with van der Waals surface area (Å²) in [6.07, 6.45) is 1.75. The molecule has 4 heteroatoms. The summed E-state index contributed by atoms with van der Waals surface area (Å²) in [6, 6.07) is 0. The van der Waals surface area contributed by atoms with Crippen molar-refractivity contribution in [3.8, 4) is 0 Å². The number of carbonyl (C=O) groups excluding carboxylic acids is 1. The Labute approximate surface area is 62.7 Å². The van der Waals surface area contributed by atoms with Crippen LogP contribution in [0.15, 0.2) is 11.0 Å². The highest BCUT2D eigenvalue weighted by Crippen LogP contribution is 2.22. The lowest BCUT2D eigenvalue weighted by molar-refractivity contribution is -0.115. The standard InChI is InChI=1S/C5H5NOS2/c1-2-3-4(7)6-5(8)9-3/h2H,1H3,(H,6,7,8). The van der Waals surface area contributed by atoms with Crippen molar-refractivity contribution in [2.24, 2.45) is 0 Å². The molecule has 1 aliphatic rings. The summed E-state index contributed by atoms with van der Waals surface area (Å²) in [7, 11) is 0. The van der Waals surface area contributed by atoms with Crippen molar-refractivity contribution >= 4 is 34.2 Å². The van der Waals surface area contributed by atoms with E-state index in [9.17, 15) is 4.79 Å². The molecule has 1 aliphatic heterocycles. The number of thioether (sulfide) groups is 1. The van der Waals surface area contributed by atoms with Gasteiger partial charge in [-0.1, -0.05) is 30.1 Å². The van der Waals surface area contributed by atoms with E-state index < -0.39 is 0 Å². The van der Waals surface area contributed by atoms with E-state index in [1.165, 1.54) is 11.8 Å². The summed E-state index contributed by atoms with van der Waals surface area (Å²) in [6.45, 7) is 1.82. The van der Waals surface area contributed by atoms with Crippen LogP contribution >= 0.6 is 24.0 Å². The smallest absolute Gasteiger partial charge is 0.263 e. The molecule has 0 aromatic heterocycles. The quantitative estimate of drug-likeness (QED) is 0.423. The summed E-state index contributed by atoms with van der Waals surface area (Å²) in [5.41, 5.74) is 0. The fourth-order valence-corrected chi connectivity index (χ4v) is 1.48. The van der Waals surface area contributed by atoms with Crippen LogP contribution in [0.5, 0.6) is 0 Å². The predicted octanol–water partition coefficient (Wildman–Crippen LogP) is 1.04. The van der Waals surface area contributed by atoms with E-state index in [-0.39, 0.29) is 5.91 Å². The van der Waals surface area contributed by atoms with Crippen molar-refractivity contribution in [1.82, 2.24) is 5.32 Å². The second-order valence-corrected chi connectivity index (χ2v) is 3.22. The third-order valence-corrected chi connectivity index (χ3v) is 2.18. The average molecular weight is 159 g/mol. The number of hydrogen-bond acceptors (Lipinski definition) is 3. The molecule has 0 saturated carbocycles. The molecule has 1 fully saturated rings. The average Bonchev–Trinajstić information content (AvgIpc) is 2.10. The van der Waals surface area contributed by atoms with Gasteiger partial charge in [-0.25, -0.2) is 0 Å². The molecule has 2 nitrogen and oxygen atoms in total. The monoisotopic (exact) mass is 159 g/mol. The van der Waals surface area contributed by atoms with Gasteiger partial charge in [-0.15, -0.1) is 0 Å². The maximum Gasteiger partial charge on any atom is 0.263 e. The number of hydrogen-bond donors (Lipinski definition) is 1. The Hall–Kier alpha value is -0.350. The number of amides is 1. The van der Waals surface area contributed by atoms with Gasteiger partial charge in [0.15, 0.2) is 0 Å². The van der Waals surface area contributed by atoms with Crippen molar-refractivity contribution < 1.29 is 4.79 Å². The maximum absolute atomic E-state index is 10.7. The Kier molecular flexibility index (Phi) is 1.87. The SMILES string of the molecule is CC=C1SC(=S)NC1=O. The molecule has 1 saturated heterocycles. The van der Waals surface area contributed by atoms with Crippen LogP contribution in [0.2, 0.25) is 0 Å². The van der Waals surface area contributed by atoms with E-state index in [0.29, 0.717) is 9.23 Å². The zero-order valence-corrected chi connectivity index (χ0v) is 6.44. The van der Waals surface area contributed by atoms with Gasteiger partial charge in [0.25, 0.3) is 5.91 Å². The Balaban J connectivity index is 2.81. The van der Waals surface area contributed by atoms with Gasteiger partial charge in [0.05, 0.1) is 4.91 Å². The van der Waals surface area contributed by atoms with E-state index in [2.05, 4.69) is 5.32 Å². The van der Waals surface area contributed by atoms with Gasteiger partial charge in [0.1, 0.15) is 4.32 Å². The molecule has 0 unspecified atom stereocenters. The van der Waals surface area contributed by atoms with Gasteiger partial charge in [0.2, 0.25) is 0 Å². The first kappa shape index (κ1) is 6.77. The van der Waals surface area contributed by atoms with Gasteiger partial charge in [0, 0.05) is 0 Å². The lowest BCUT2D eigenvalue weighted by Gasteiger charge is -1.82. The fourth-order valence-electron chi connectivity index (χ4n) is 0.516. The number of thiocarbonyl (C=S) groups is 1. The van der Waals surface area contributed by atoms with Gasteiger partial charge >= 0.3 is 0 Å². The van der Waals surface area contributed by atoms with Crippen LogP contribution < -0.4 is 5.32 Å². The largest absolute Gasteiger partial charge is 0.307 e. The van der Waals surface area contributed by atoms with Crippen molar-refractivity contribution in [1.29, 1.82) is 0 Å². The van der Waals surface area contributed by atoms with Crippen LogP contribution in [0.25, 0.3) is 0 Å². The van der Waals surface area contributed by atoms with Crippen LogP contribution in [0.1, 0.15) is 6.92 Å². The van der Waals surface area contributed by atoms with Gasteiger partial charge in [-0.2, -0.15) is 0 Å². The number of allylic oxidation sites excluding steroid dienone is 1. The van der Waals surface area contributed by atoms with E-state index in [1.54, 1.807) is 6.08 Å². The molecule has 1 heterocycles. The lowest BCUT2D eigenvalue weighted by Crippen LogP contribution is -2.17. The molecule has 0 radical (unpaired) electrons. The second kappa shape index (κ2) is 2.49. The molecule has 1 rings (SSSR count). The zero-order chi connectivity index (χ0) is 6.85. The first-order valence-corrected chi connectivity index (χ1v) is 3.66. The first-order chi connectivity index (χ1) is 4.24. The number of nitrogens with one attached hydrogen (secondary N) is 1. The lowest BCUT2D eigenvalue weighted by atomic mass is 10.5. The Morgan fingerprint density at radius 3 is 2.67 bits per heavy atom. The van der Waals surface area contributed by atoms with Gasteiger partial charge < -0.3 is 5.32 Å². The highest BCUT2D eigenvalue weighted by molar-refractivity contribution is 8.26. The van der Waals surface area contributed by atoms with Crippen molar-refractivity contribution in [3.63, 3.8) is 0 Å². The molecule has 1 N–H and O–H groups in total. The molecule has 0 bridgehead atoms. The van der Waals surface area contributed by atoms with Crippen LogP contribution in [0.3, 0.4) is 0 Å². The Morgan fingerprint density at radius 2 is 2.44 bits per heavy atom. The molecule has 48 valence electrons. The van der Waals surface area contributed by atoms with Gasteiger partial charge in [-0.05, 0) is 6.92 Å². The van der Waals surface area contributed by atoms with E-state index in [4.69, 9.17) is 12.2 Å². The predicted molar refractivity (Wildman–Crippen MR) is 42.1 cm³/mol. The molecule has 0 aliphatic carbocycles. The van der Waals surface area contributed by atoms with Crippen LogP contribution in [-0.4, -0.2) is 10.2 Å². The zero-order valence-electron chi connectivity index (χ0n) is 4.80. The molecule has 0 aromatic carbocycles. The molecular weight excluding hydrogens is 154 g/mol. The van der Waals surface area contributed by atoms with Crippen LogP contribution in [-0.2, 0) is 4.79 Å². The minimum atomic E-state index is -0.0764. The van der Waals surface area contributed by atoms with E-state index >= 15 is 0 Å². The second-order valence-electron chi connectivity index (χ2n) is 1.50. The third kappa shape index (κ3) is 1.31. The summed E-state index contributed by atoms with van der Waals surface area (Å²) < 4.78 is 0.549. The fraction of sp³-hybridized carbons (Fsp3) is 0.200. The first-order valence-electron chi connectivity index (χ1n) is 2.43. The maximum atomic E-state index is 10.7. The summed E-state index contributed by atoms with van der Waals surface area (Å²) in [4.78, 5) is 11.4. The Morgan fingerprint density at radius 1 is 1.78 bits per heavy atom. The van der Waals surface area contributed by atoms with E-state index in [1.807, 2.05) is 6.92 Å². The minimum Gasteiger partial charge on any atom is -0.307 e. The van der Waals surface area contributed by atoms with Crippen LogP contribution in [0, 0.1) is 0 Å². The molecule has 1 amide bonds. The molecule has 0 atom stereocenters. The molecular formula is C5H5NOS2. The molecule has 0 spiro atoms. The van der Waals surface area contributed by atoms with Crippen molar-refractivity contribution in [3.05, 3.63) is 11.0 Å². The van der Waals surface area contributed by atoms with Crippen molar-refractivity contribution in [2.75, 3.05) is 0 Å². The topological polar surface area (TPSA) is 29.1 Å². The summed E-state index contributed by atoms with van der Waals surface area (Å²) in [5, 5.41) is 2.50. The van der Waals surface area contributed by atoms with Crippen LogP contribution in [0.4, 0.5) is 0 Å². The number of rotatable bonds is 0. The Bertz CT molecular complexity index is 197. The minimum absolute atomic E-state index is 0.0764. The normalized spacial score (nSPS) is 23.0. The summed E-state index contributed by atoms with van der Waals surface area (Å²) >= 11 is 6.04. The van der Waals surface area contributed by atoms with Gasteiger partial charge in [-0.3, -0.25) is 4.79 Å². The third-order valence-electron chi connectivity index (χ3n) is 0.904. The van der Waals surface area contributed by atoms with E-state index in [0.717, 1.165) is 0 Å². The molecule has 0 aromatic rings. The number of carbonyl (C=O) groups is 1.